The van der Waals surface area contributed by atoms with E-state index in [9.17, 15) is 0 Å². The van der Waals surface area contributed by atoms with E-state index in [4.69, 9.17) is 9.16 Å². The van der Waals surface area contributed by atoms with Gasteiger partial charge in [0.15, 0.2) is 9.76 Å². The largest absolute Gasteiger partial charge is 0.427 e. The highest BCUT2D eigenvalue weighted by molar-refractivity contribution is 6.29. The van der Waals surface area contributed by atoms with Crippen molar-refractivity contribution in [2.45, 2.75) is 37.3 Å². The van der Waals surface area contributed by atoms with Crippen LogP contribution in [0.2, 0.25) is 5.54 Å². The molecule has 1 fully saturated rings. The molecule has 0 aromatic rings. The number of hydrogen-bond donors (Lipinski definition) is 0. The number of rotatable bonds is 3. The van der Waals surface area contributed by atoms with Gasteiger partial charge in [-0.1, -0.05) is 12.8 Å². The van der Waals surface area contributed by atoms with Crippen molar-refractivity contribution >= 4 is 9.76 Å². The van der Waals surface area contributed by atoms with Crippen molar-refractivity contribution in [2.24, 2.45) is 0 Å². The molecule has 0 heterocycles. The highest BCUT2D eigenvalue weighted by Crippen LogP contribution is 2.30. The maximum Gasteiger partial charge on any atom is 0.166 e. The smallest absolute Gasteiger partial charge is 0.166 e. The van der Waals surface area contributed by atoms with Crippen molar-refractivity contribution < 1.29 is 9.16 Å². The predicted octanol–water partition coefficient (Wildman–Crippen LogP) is 1.09. The fraction of sp³-hybridized carbons (Fsp3) is 1.00. The standard InChI is InChI=1S/C8H18O2Si/c1-9-7-5-3-4-6-8(7)11-10-2/h7-8H,3-6,11H2,1-2H3. The molecular formula is C8H18O2Si. The summed E-state index contributed by atoms with van der Waals surface area (Å²) in [6, 6.07) is 0. The van der Waals surface area contributed by atoms with Gasteiger partial charge in [0.25, 0.3) is 0 Å². The molecule has 66 valence electrons. The summed E-state index contributed by atoms with van der Waals surface area (Å²) in [5.74, 6) is 0. The SMILES string of the molecule is CO[SiH2]C1CCCCC1OC. The molecule has 0 bridgehead atoms. The summed E-state index contributed by atoms with van der Waals surface area (Å²) in [5.41, 5.74) is 0.777. The quantitative estimate of drug-likeness (QED) is 0.596. The monoisotopic (exact) mass is 174 g/mol. The first-order valence-electron chi connectivity index (χ1n) is 4.40. The first kappa shape index (κ1) is 9.23. The maximum atomic E-state index is 5.41. The Balaban J connectivity index is 2.31. The lowest BCUT2D eigenvalue weighted by atomic mass is 9.97. The molecule has 0 aromatic heterocycles. The first-order valence-corrected chi connectivity index (χ1v) is 5.79. The number of hydrogen-bond acceptors (Lipinski definition) is 2. The molecule has 1 saturated carbocycles. The molecule has 0 amide bonds. The second-order valence-electron chi connectivity index (χ2n) is 3.27. The van der Waals surface area contributed by atoms with E-state index in [-0.39, 0.29) is 9.76 Å². The molecule has 2 unspecified atom stereocenters. The van der Waals surface area contributed by atoms with E-state index in [2.05, 4.69) is 0 Å². The van der Waals surface area contributed by atoms with E-state index < -0.39 is 0 Å². The fourth-order valence-electron chi connectivity index (χ4n) is 1.89. The third kappa shape index (κ3) is 2.58. The number of methoxy groups -OCH3 is 1. The highest BCUT2D eigenvalue weighted by atomic mass is 28.2. The number of ether oxygens (including phenoxy) is 1. The average Bonchev–Trinajstić information content (AvgIpc) is 2.06. The average molecular weight is 174 g/mol. The van der Waals surface area contributed by atoms with Crippen LogP contribution in [0.1, 0.15) is 25.7 Å². The van der Waals surface area contributed by atoms with Crippen molar-refractivity contribution in [1.82, 2.24) is 0 Å². The lowest BCUT2D eigenvalue weighted by Gasteiger charge is -2.29. The summed E-state index contributed by atoms with van der Waals surface area (Å²) >= 11 is 0. The molecule has 1 rings (SSSR count). The normalized spacial score (nSPS) is 33.3. The molecule has 0 N–H and O–H groups in total. The fourth-order valence-corrected chi connectivity index (χ4v) is 3.41. The minimum atomic E-state index is -0.307. The summed E-state index contributed by atoms with van der Waals surface area (Å²) in [6.07, 6.45) is 5.81. The molecule has 0 radical (unpaired) electrons. The van der Waals surface area contributed by atoms with Crippen LogP contribution in [0.15, 0.2) is 0 Å². The van der Waals surface area contributed by atoms with Crippen molar-refractivity contribution in [1.29, 1.82) is 0 Å². The molecule has 0 saturated heterocycles. The van der Waals surface area contributed by atoms with Gasteiger partial charge < -0.3 is 9.16 Å². The van der Waals surface area contributed by atoms with Gasteiger partial charge >= 0.3 is 0 Å². The first-order chi connectivity index (χ1) is 5.38. The van der Waals surface area contributed by atoms with Gasteiger partial charge in [-0.05, 0) is 18.4 Å². The predicted molar refractivity (Wildman–Crippen MR) is 48.6 cm³/mol. The molecule has 2 nitrogen and oxygen atoms in total. The van der Waals surface area contributed by atoms with Gasteiger partial charge in [0, 0.05) is 14.2 Å². The van der Waals surface area contributed by atoms with Crippen molar-refractivity contribution in [3.05, 3.63) is 0 Å². The second-order valence-corrected chi connectivity index (χ2v) is 5.23. The summed E-state index contributed by atoms with van der Waals surface area (Å²) in [5, 5.41) is 0. The van der Waals surface area contributed by atoms with Crippen LogP contribution >= 0.6 is 0 Å². The Bertz CT molecular complexity index is 106. The third-order valence-corrected chi connectivity index (χ3v) is 4.22. The topological polar surface area (TPSA) is 18.5 Å². The van der Waals surface area contributed by atoms with E-state index in [0.29, 0.717) is 6.10 Å². The lowest BCUT2D eigenvalue weighted by molar-refractivity contribution is 0.0676. The Labute approximate surface area is 71.2 Å². The van der Waals surface area contributed by atoms with Gasteiger partial charge in [-0.2, -0.15) is 0 Å². The Morgan fingerprint density at radius 3 is 2.55 bits per heavy atom. The molecule has 1 aliphatic rings. The van der Waals surface area contributed by atoms with Gasteiger partial charge in [0.05, 0.1) is 6.10 Å². The van der Waals surface area contributed by atoms with Crippen LogP contribution in [0.5, 0.6) is 0 Å². The van der Waals surface area contributed by atoms with Crippen LogP contribution in [0.4, 0.5) is 0 Å². The van der Waals surface area contributed by atoms with Crippen LogP contribution in [0, 0.1) is 0 Å². The van der Waals surface area contributed by atoms with E-state index in [1.165, 1.54) is 25.7 Å². The molecule has 1 aliphatic carbocycles. The van der Waals surface area contributed by atoms with Crippen LogP contribution < -0.4 is 0 Å². The van der Waals surface area contributed by atoms with Crippen LogP contribution in [-0.2, 0) is 9.16 Å². The summed E-state index contributed by atoms with van der Waals surface area (Å²) < 4.78 is 10.7. The highest BCUT2D eigenvalue weighted by Gasteiger charge is 2.24. The third-order valence-electron chi connectivity index (χ3n) is 2.52. The van der Waals surface area contributed by atoms with E-state index in [1.54, 1.807) is 0 Å². The summed E-state index contributed by atoms with van der Waals surface area (Å²) in [4.78, 5) is 0. The van der Waals surface area contributed by atoms with Gasteiger partial charge in [0.1, 0.15) is 0 Å². The Hall–Kier alpha value is 0.137. The van der Waals surface area contributed by atoms with E-state index >= 15 is 0 Å². The zero-order valence-electron chi connectivity index (χ0n) is 7.51. The summed E-state index contributed by atoms with van der Waals surface area (Å²) in [7, 11) is 3.35. The van der Waals surface area contributed by atoms with Gasteiger partial charge in [-0.15, -0.1) is 0 Å². The van der Waals surface area contributed by atoms with Gasteiger partial charge in [-0.3, -0.25) is 0 Å². The molecule has 3 heteroatoms. The molecule has 0 spiro atoms. The minimum Gasteiger partial charge on any atom is -0.427 e. The minimum absolute atomic E-state index is 0.307. The molecule has 2 atom stereocenters. The molecule has 0 aromatic carbocycles. The lowest BCUT2D eigenvalue weighted by Crippen LogP contribution is -2.26. The van der Waals surface area contributed by atoms with E-state index in [1.807, 2.05) is 14.2 Å². The van der Waals surface area contributed by atoms with Gasteiger partial charge in [-0.25, -0.2) is 0 Å². The summed E-state index contributed by atoms with van der Waals surface area (Å²) in [6.45, 7) is 0. The Morgan fingerprint density at radius 2 is 1.91 bits per heavy atom. The van der Waals surface area contributed by atoms with Crippen molar-refractivity contribution in [2.75, 3.05) is 14.2 Å². The zero-order chi connectivity index (χ0) is 8.10. The second kappa shape index (κ2) is 4.90. The van der Waals surface area contributed by atoms with Crippen LogP contribution in [-0.4, -0.2) is 30.1 Å². The van der Waals surface area contributed by atoms with Crippen molar-refractivity contribution in [3.63, 3.8) is 0 Å². The molecule has 11 heavy (non-hydrogen) atoms. The van der Waals surface area contributed by atoms with Gasteiger partial charge in [0.2, 0.25) is 0 Å². The van der Waals surface area contributed by atoms with Crippen LogP contribution in [0.3, 0.4) is 0 Å². The Kier molecular flexibility index (Phi) is 4.11. The Morgan fingerprint density at radius 1 is 1.18 bits per heavy atom. The molecule has 0 aliphatic heterocycles. The zero-order valence-corrected chi connectivity index (χ0v) is 8.92. The van der Waals surface area contributed by atoms with E-state index in [0.717, 1.165) is 5.54 Å². The van der Waals surface area contributed by atoms with Crippen LogP contribution in [0.25, 0.3) is 0 Å². The maximum absolute atomic E-state index is 5.41. The molecular weight excluding hydrogens is 156 g/mol. The van der Waals surface area contributed by atoms with Crippen molar-refractivity contribution in [3.8, 4) is 0 Å².